The van der Waals surface area contributed by atoms with Gasteiger partial charge in [-0.25, -0.2) is 0 Å². The summed E-state index contributed by atoms with van der Waals surface area (Å²) < 4.78 is 1.94. The van der Waals surface area contributed by atoms with Crippen LogP contribution in [0.3, 0.4) is 0 Å². The normalized spacial score (nSPS) is 19.8. The minimum Gasteiger partial charge on any atom is -0.394 e. The van der Waals surface area contributed by atoms with E-state index >= 15 is 0 Å². The fourth-order valence-corrected chi connectivity index (χ4v) is 2.23. The number of piperazine rings is 1. The molecule has 1 aromatic rings. The lowest BCUT2D eigenvalue weighted by molar-refractivity contribution is 0.111. The molecule has 1 atom stereocenters. The molecule has 5 nitrogen and oxygen atoms in total. The summed E-state index contributed by atoms with van der Waals surface area (Å²) in [6.45, 7) is 8.33. The molecule has 2 N–H and O–H groups in total. The zero-order chi connectivity index (χ0) is 12.3. The quantitative estimate of drug-likeness (QED) is 0.797. The van der Waals surface area contributed by atoms with Gasteiger partial charge in [-0.1, -0.05) is 0 Å². The molecule has 0 amide bonds. The molecule has 1 fully saturated rings. The van der Waals surface area contributed by atoms with Crippen LogP contribution in [0.15, 0.2) is 12.4 Å². The first kappa shape index (κ1) is 12.5. The van der Waals surface area contributed by atoms with Crippen molar-refractivity contribution in [2.75, 3.05) is 32.8 Å². The molecule has 1 aliphatic heterocycles. The third-order valence-electron chi connectivity index (χ3n) is 3.30. The van der Waals surface area contributed by atoms with Crippen LogP contribution in [0.2, 0.25) is 0 Å². The zero-order valence-corrected chi connectivity index (χ0v) is 10.6. The maximum Gasteiger partial charge on any atom is 0.0629 e. The Morgan fingerprint density at radius 1 is 1.41 bits per heavy atom. The summed E-state index contributed by atoms with van der Waals surface area (Å²) in [4.78, 5) is 2.32. The predicted octanol–water partition coefficient (Wildman–Crippen LogP) is 0.403. The van der Waals surface area contributed by atoms with Crippen LogP contribution in [-0.2, 0) is 0 Å². The Morgan fingerprint density at radius 2 is 2.12 bits per heavy atom. The molecule has 96 valence electrons. The summed E-state index contributed by atoms with van der Waals surface area (Å²) in [5.41, 5.74) is 1.11. The van der Waals surface area contributed by atoms with Crippen molar-refractivity contribution in [2.24, 2.45) is 0 Å². The van der Waals surface area contributed by atoms with Crippen LogP contribution in [0.1, 0.15) is 31.5 Å². The van der Waals surface area contributed by atoms with E-state index in [0.717, 1.165) is 31.7 Å². The summed E-state index contributed by atoms with van der Waals surface area (Å²) in [5, 5.41) is 17.2. The first-order valence-electron chi connectivity index (χ1n) is 6.32. The first-order valence-corrected chi connectivity index (χ1v) is 6.32. The second kappa shape index (κ2) is 5.62. The molecular weight excluding hydrogens is 216 g/mol. The smallest absolute Gasteiger partial charge is 0.0629 e. The number of nitrogens with zero attached hydrogens (tertiary/aromatic N) is 3. The molecule has 2 rings (SSSR count). The van der Waals surface area contributed by atoms with Crippen LogP contribution in [0.25, 0.3) is 0 Å². The molecule has 0 aliphatic carbocycles. The largest absolute Gasteiger partial charge is 0.394 e. The molecule has 1 unspecified atom stereocenters. The number of rotatable bonds is 4. The van der Waals surface area contributed by atoms with Gasteiger partial charge in [0.05, 0.1) is 18.8 Å². The number of aliphatic hydroxyl groups excluding tert-OH is 1. The molecule has 5 heteroatoms. The van der Waals surface area contributed by atoms with Gasteiger partial charge in [0.1, 0.15) is 0 Å². The van der Waals surface area contributed by atoms with E-state index in [2.05, 4.69) is 29.2 Å². The number of aromatic nitrogens is 2. The van der Waals surface area contributed by atoms with Gasteiger partial charge in [-0.2, -0.15) is 5.10 Å². The van der Waals surface area contributed by atoms with Crippen LogP contribution < -0.4 is 5.32 Å². The number of nitrogens with one attached hydrogen (secondary N) is 1. The Kier molecular flexibility index (Phi) is 4.15. The molecule has 1 saturated heterocycles. The Bertz CT molecular complexity index is 344. The highest BCUT2D eigenvalue weighted by Crippen LogP contribution is 2.21. The SMILES string of the molecule is CC(C)n1cc(C(CO)N2CCNCC2)cn1. The van der Waals surface area contributed by atoms with E-state index in [0.29, 0.717) is 6.04 Å². The maximum absolute atomic E-state index is 9.58. The van der Waals surface area contributed by atoms with Crippen molar-refractivity contribution >= 4 is 0 Å². The molecular formula is C12H22N4O. The molecule has 2 heterocycles. The first-order chi connectivity index (χ1) is 8.22. The lowest BCUT2D eigenvalue weighted by Gasteiger charge is -2.33. The van der Waals surface area contributed by atoms with E-state index in [-0.39, 0.29) is 12.6 Å². The molecule has 0 radical (unpaired) electrons. The summed E-state index contributed by atoms with van der Waals surface area (Å²) in [5.74, 6) is 0. The van der Waals surface area contributed by atoms with Crippen LogP contribution in [0, 0.1) is 0 Å². The molecule has 0 bridgehead atoms. The van der Waals surface area contributed by atoms with Crippen LogP contribution >= 0.6 is 0 Å². The average molecular weight is 238 g/mol. The van der Waals surface area contributed by atoms with Crippen LogP contribution in [0.5, 0.6) is 0 Å². The van der Waals surface area contributed by atoms with Gasteiger partial charge in [-0.15, -0.1) is 0 Å². The lowest BCUT2D eigenvalue weighted by Crippen LogP contribution is -2.46. The third-order valence-corrected chi connectivity index (χ3v) is 3.30. The van der Waals surface area contributed by atoms with E-state index in [9.17, 15) is 5.11 Å². The highest BCUT2D eigenvalue weighted by atomic mass is 16.3. The summed E-state index contributed by atoms with van der Waals surface area (Å²) >= 11 is 0. The standard InChI is InChI=1S/C12H22N4O/c1-10(2)16-8-11(7-14-16)12(9-17)15-5-3-13-4-6-15/h7-8,10,12-13,17H,3-6,9H2,1-2H3. The topological polar surface area (TPSA) is 53.3 Å². The van der Waals surface area contributed by atoms with Crippen molar-refractivity contribution in [3.05, 3.63) is 18.0 Å². The van der Waals surface area contributed by atoms with E-state index < -0.39 is 0 Å². The molecule has 17 heavy (non-hydrogen) atoms. The number of hydrogen-bond acceptors (Lipinski definition) is 4. The predicted molar refractivity (Wildman–Crippen MR) is 66.9 cm³/mol. The summed E-state index contributed by atoms with van der Waals surface area (Å²) in [6.07, 6.45) is 3.93. The van der Waals surface area contributed by atoms with E-state index in [1.54, 1.807) is 0 Å². The van der Waals surface area contributed by atoms with Crippen molar-refractivity contribution in [3.8, 4) is 0 Å². The monoisotopic (exact) mass is 238 g/mol. The highest BCUT2D eigenvalue weighted by Gasteiger charge is 2.22. The fraction of sp³-hybridized carbons (Fsp3) is 0.750. The highest BCUT2D eigenvalue weighted by molar-refractivity contribution is 5.11. The van der Waals surface area contributed by atoms with Crippen molar-refractivity contribution in [1.82, 2.24) is 20.0 Å². The Balaban J connectivity index is 2.10. The van der Waals surface area contributed by atoms with Gasteiger partial charge >= 0.3 is 0 Å². The average Bonchev–Trinajstić information content (AvgIpc) is 2.81. The molecule has 1 aliphatic rings. The van der Waals surface area contributed by atoms with E-state index in [4.69, 9.17) is 0 Å². The Labute approximate surface area is 102 Å². The van der Waals surface area contributed by atoms with Gasteiger partial charge in [0.15, 0.2) is 0 Å². The van der Waals surface area contributed by atoms with Crippen molar-refractivity contribution in [1.29, 1.82) is 0 Å². The van der Waals surface area contributed by atoms with Gasteiger partial charge in [0.25, 0.3) is 0 Å². The Morgan fingerprint density at radius 3 is 2.65 bits per heavy atom. The van der Waals surface area contributed by atoms with Crippen molar-refractivity contribution in [2.45, 2.75) is 25.9 Å². The molecule has 0 spiro atoms. The van der Waals surface area contributed by atoms with Crippen molar-refractivity contribution < 1.29 is 5.11 Å². The van der Waals surface area contributed by atoms with Crippen LogP contribution in [-0.4, -0.2) is 52.6 Å². The Hall–Kier alpha value is -0.910. The third kappa shape index (κ3) is 2.86. The van der Waals surface area contributed by atoms with Gasteiger partial charge in [-0.05, 0) is 13.8 Å². The minimum absolute atomic E-state index is 0.0876. The van der Waals surface area contributed by atoms with E-state index in [1.807, 2.05) is 17.1 Å². The van der Waals surface area contributed by atoms with E-state index in [1.165, 1.54) is 0 Å². The van der Waals surface area contributed by atoms with Gasteiger partial charge in [0.2, 0.25) is 0 Å². The number of hydrogen-bond donors (Lipinski definition) is 2. The molecule has 0 aromatic carbocycles. The molecule has 0 saturated carbocycles. The minimum atomic E-state index is 0.0876. The van der Waals surface area contributed by atoms with Crippen molar-refractivity contribution in [3.63, 3.8) is 0 Å². The van der Waals surface area contributed by atoms with Gasteiger partial charge in [-0.3, -0.25) is 9.58 Å². The maximum atomic E-state index is 9.58. The second-order valence-corrected chi connectivity index (χ2v) is 4.83. The van der Waals surface area contributed by atoms with Gasteiger partial charge < -0.3 is 10.4 Å². The fourth-order valence-electron chi connectivity index (χ4n) is 2.23. The van der Waals surface area contributed by atoms with Gasteiger partial charge in [0, 0.05) is 44.0 Å². The molecule has 1 aromatic heterocycles. The number of aliphatic hydroxyl groups is 1. The second-order valence-electron chi connectivity index (χ2n) is 4.83. The van der Waals surface area contributed by atoms with Crippen LogP contribution in [0.4, 0.5) is 0 Å². The summed E-state index contributed by atoms with van der Waals surface area (Å²) in [7, 11) is 0. The summed E-state index contributed by atoms with van der Waals surface area (Å²) in [6, 6.07) is 0.454. The zero-order valence-electron chi connectivity index (χ0n) is 10.6. The lowest BCUT2D eigenvalue weighted by atomic mass is 10.1.